The Morgan fingerprint density at radius 2 is 1.55 bits per heavy atom. The highest BCUT2D eigenvalue weighted by molar-refractivity contribution is 6.29. The number of nitrogens with zero attached hydrogens (tertiary/aromatic N) is 2. The third kappa shape index (κ3) is 3.36. The Labute approximate surface area is 124 Å². The number of halogens is 1. The van der Waals surface area contributed by atoms with Crippen molar-refractivity contribution in [3.63, 3.8) is 0 Å². The SMILES string of the molecule is CC.COc1cc(-n2cnc(Cl)c2)cc(OC)c1OC. The molecule has 0 aliphatic heterocycles. The Morgan fingerprint density at radius 3 is 1.90 bits per heavy atom. The van der Waals surface area contributed by atoms with E-state index in [9.17, 15) is 0 Å². The molecular formula is C14H19ClN2O3. The van der Waals surface area contributed by atoms with E-state index in [0.29, 0.717) is 22.4 Å². The second-order valence-electron chi connectivity index (χ2n) is 3.49. The molecule has 0 unspecified atom stereocenters. The van der Waals surface area contributed by atoms with Crippen LogP contribution in [0.25, 0.3) is 5.69 Å². The highest BCUT2D eigenvalue weighted by Gasteiger charge is 2.14. The molecule has 0 aliphatic rings. The predicted molar refractivity (Wildman–Crippen MR) is 79.6 cm³/mol. The monoisotopic (exact) mass is 298 g/mol. The van der Waals surface area contributed by atoms with Gasteiger partial charge in [-0.15, -0.1) is 0 Å². The van der Waals surface area contributed by atoms with Gasteiger partial charge >= 0.3 is 0 Å². The van der Waals surface area contributed by atoms with Crippen molar-refractivity contribution in [2.75, 3.05) is 21.3 Å². The van der Waals surface area contributed by atoms with E-state index < -0.39 is 0 Å². The van der Waals surface area contributed by atoms with E-state index in [-0.39, 0.29) is 0 Å². The molecule has 0 saturated carbocycles. The van der Waals surface area contributed by atoms with Gasteiger partial charge in [-0.05, 0) is 0 Å². The highest BCUT2D eigenvalue weighted by atomic mass is 35.5. The van der Waals surface area contributed by atoms with Crippen LogP contribution in [0.3, 0.4) is 0 Å². The number of rotatable bonds is 4. The lowest BCUT2D eigenvalue weighted by Crippen LogP contribution is -1.98. The molecule has 2 aromatic rings. The molecule has 0 N–H and O–H groups in total. The maximum absolute atomic E-state index is 5.80. The quantitative estimate of drug-likeness (QED) is 0.865. The summed E-state index contributed by atoms with van der Waals surface area (Å²) < 4.78 is 17.6. The fourth-order valence-electron chi connectivity index (χ4n) is 1.66. The summed E-state index contributed by atoms with van der Waals surface area (Å²) in [7, 11) is 4.71. The fraction of sp³-hybridized carbons (Fsp3) is 0.357. The van der Waals surface area contributed by atoms with Gasteiger partial charge in [-0.3, -0.25) is 0 Å². The smallest absolute Gasteiger partial charge is 0.203 e. The van der Waals surface area contributed by atoms with Crippen molar-refractivity contribution in [2.45, 2.75) is 13.8 Å². The van der Waals surface area contributed by atoms with Gasteiger partial charge in [0.2, 0.25) is 5.75 Å². The van der Waals surface area contributed by atoms with Crippen molar-refractivity contribution < 1.29 is 14.2 Å². The predicted octanol–water partition coefficient (Wildman–Crippen LogP) is 3.58. The lowest BCUT2D eigenvalue weighted by Gasteiger charge is -2.14. The molecule has 0 amide bonds. The first kappa shape index (κ1) is 16.2. The first-order chi connectivity index (χ1) is 9.69. The first-order valence-corrected chi connectivity index (χ1v) is 6.57. The molecule has 0 saturated heterocycles. The van der Waals surface area contributed by atoms with Crippen LogP contribution in [-0.2, 0) is 0 Å². The molecule has 6 heteroatoms. The summed E-state index contributed by atoms with van der Waals surface area (Å²) in [6.07, 6.45) is 3.31. The summed E-state index contributed by atoms with van der Waals surface area (Å²) in [4.78, 5) is 3.96. The number of benzene rings is 1. The van der Waals surface area contributed by atoms with Crippen molar-refractivity contribution in [1.29, 1.82) is 0 Å². The van der Waals surface area contributed by atoms with E-state index in [0.717, 1.165) is 5.69 Å². The molecule has 1 aromatic carbocycles. The van der Waals surface area contributed by atoms with Gasteiger partial charge in [-0.25, -0.2) is 4.98 Å². The molecule has 0 atom stereocenters. The number of hydrogen-bond donors (Lipinski definition) is 0. The molecule has 0 spiro atoms. The standard InChI is InChI=1S/C12H13ClN2O3.C2H6/c1-16-9-4-8(15-6-11(13)14-7-15)5-10(17-2)12(9)18-3;1-2/h4-7H,1-3H3;1-2H3. The average molecular weight is 299 g/mol. The third-order valence-corrected chi connectivity index (χ3v) is 2.69. The van der Waals surface area contributed by atoms with E-state index in [1.54, 1.807) is 38.4 Å². The van der Waals surface area contributed by atoms with E-state index in [1.807, 2.05) is 26.0 Å². The molecule has 110 valence electrons. The van der Waals surface area contributed by atoms with E-state index >= 15 is 0 Å². The van der Waals surface area contributed by atoms with E-state index in [2.05, 4.69) is 4.98 Å². The minimum absolute atomic E-state index is 0.420. The summed E-state index contributed by atoms with van der Waals surface area (Å²) in [6.45, 7) is 4.00. The number of methoxy groups -OCH3 is 3. The average Bonchev–Trinajstić information content (AvgIpc) is 2.94. The number of aromatic nitrogens is 2. The molecule has 1 aromatic heterocycles. The Kier molecular flexibility index (Phi) is 6.18. The van der Waals surface area contributed by atoms with Crippen LogP contribution in [0.1, 0.15) is 13.8 Å². The van der Waals surface area contributed by atoms with Crippen LogP contribution in [0, 0.1) is 0 Å². The van der Waals surface area contributed by atoms with Crippen LogP contribution in [0.5, 0.6) is 17.2 Å². The Bertz CT molecular complexity index is 530. The maximum atomic E-state index is 5.80. The second kappa shape index (κ2) is 7.65. The molecule has 0 radical (unpaired) electrons. The zero-order valence-electron chi connectivity index (χ0n) is 12.3. The van der Waals surface area contributed by atoms with Gasteiger partial charge in [0.05, 0.1) is 27.0 Å². The summed E-state index contributed by atoms with van der Waals surface area (Å²) >= 11 is 5.80. The lowest BCUT2D eigenvalue weighted by molar-refractivity contribution is 0.324. The molecule has 1 heterocycles. The summed E-state index contributed by atoms with van der Waals surface area (Å²) in [6, 6.07) is 3.64. The summed E-state index contributed by atoms with van der Waals surface area (Å²) in [5.41, 5.74) is 0.823. The van der Waals surface area contributed by atoms with Gasteiger partial charge < -0.3 is 18.8 Å². The van der Waals surface area contributed by atoms with Crippen LogP contribution < -0.4 is 14.2 Å². The van der Waals surface area contributed by atoms with Gasteiger partial charge in [0.15, 0.2) is 11.5 Å². The highest BCUT2D eigenvalue weighted by Crippen LogP contribution is 2.39. The van der Waals surface area contributed by atoms with Gasteiger partial charge in [-0.1, -0.05) is 25.4 Å². The fourth-order valence-corrected chi connectivity index (χ4v) is 1.81. The molecule has 5 nitrogen and oxygen atoms in total. The Morgan fingerprint density at radius 1 is 1.00 bits per heavy atom. The first-order valence-electron chi connectivity index (χ1n) is 6.19. The number of ether oxygens (including phenoxy) is 3. The van der Waals surface area contributed by atoms with Gasteiger partial charge in [-0.2, -0.15) is 0 Å². The molecule has 0 aliphatic carbocycles. The van der Waals surface area contributed by atoms with Crippen LogP contribution in [-0.4, -0.2) is 30.9 Å². The second-order valence-corrected chi connectivity index (χ2v) is 3.87. The number of hydrogen-bond acceptors (Lipinski definition) is 4. The maximum Gasteiger partial charge on any atom is 0.203 e. The molecule has 20 heavy (non-hydrogen) atoms. The summed E-state index contributed by atoms with van der Waals surface area (Å²) in [5, 5.41) is 0.420. The molecular weight excluding hydrogens is 280 g/mol. The van der Waals surface area contributed by atoms with E-state index in [4.69, 9.17) is 25.8 Å². The van der Waals surface area contributed by atoms with Crippen molar-refractivity contribution >= 4 is 11.6 Å². The van der Waals surface area contributed by atoms with Crippen LogP contribution in [0.4, 0.5) is 0 Å². The minimum atomic E-state index is 0.420. The van der Waals surface area contributed by atoms with Crippen LogP contribution >= 0.6 is 11.6 Å². The summed E-state index contributed by atoms with van der Waals surface area (Å²) in [5.74, 6) is 1.71. The van der Waals surface area contributed by atoms with Crippen molar-refractivity contribution in [3.05, 3.63) is 29.8 Å². The molecule has 0 fully saturated rings. The minimum Gasteiger partial charge on any atom is -0.493 e. The van der Waals surface area contributed by atoms with Gasteiger partial charge in [0.25, 0.3) is 0 Å². The molecule has 0 bridgehead atoms. The normalized spacial score (nSPS) is 9.50. The third-order valence-electron chi connectivity index (χ3n) is 2.50. The Balaban J connectivity index is 0.000000956. The zero-order valence-corrected chi connectivity index (χ0v) is 13.1. The van der Waals surface area contributed by atoms with Crippen LogP contribution in [0.2, 0.25) is 5.15 Å². The van der Waals surface area contributed by atoms with Gasteiger partial charge in [0.1, 0.15) is 11.5 Å². The van der Waals surface area contributed by atoms with Crippen LogP contribution in [0.15, 0.2) is 24.7 Å². The van der Waals surface area contributed by atoms with E-state index in [1.165, 1.54) is 0 Å². The van der Waals surface area contributed by atoms with Gasteiger partial charge in [0, 0.05) is 18.3 Å². The van der Waals surface area contributed by atoms with Crippen molar-refractivity contribution in [2.24, 2.45) is 0 Å². The topological polar surface area (TPSA) is 45.5 Å². The zero-order chi connectivity index (χ0) is 15.1. The Hall–Kier alpha value is -1.88. The molecule has 2 rings (SSSR count). The largest absolute Gasteiger partial charge is 0.493 e. The lowest BCUT2D eigenvalue weighted by atomic mass is 10.2. The van der Waals surface area contributed by atoms with Crippen molar-refractivity contribution in [3.8, 4) is 22.9 Å². The number of imidazole rings is 1. The van der Waals surface area contributed by atoms with Crippen molar-refractivity contribution in [1.82, 2.24) is 9.55 Å².